The Bertz CT molecular complexity index is 228. The van der Waals surface area contributed by atoms with Crippen LogP contribution in [0.4, 0.5) is 0 Å². The summed E-state index contributed by atoms with van der Waals surface area (Å²) in [5.41, 5.74) is 5.62. The van der Waals surface area contributed by atoms with Crippen LogP contribution in [0, 0.1) is 11.3 Å². The molecule has 0 aromatic heterocycles. The average Bonchev–Trinajstić information content (AvgIpc) is 2.15. The van der Waals surface area contributed by atoms with Crippen LogP contribution < -0.4 is 5.73 Å². The highest BCUT2D eigenvalue weighted by molar-refractivity contribution is 5.85. The van der Waals surface area contributed by atoms with Crippen molar-refractivity contribution in [1.82, 2.24) is 4.90 Å². The molecule has 4 heteroatoms. The smallest absolute Gasteiger partial charge is 0.227 e. The molecular formula is C12H25ClN2O. The number of carbonyl (C=O) groups is 1. The lowest BCUT2D eigenvalue weighted by Crippen LogP contribution is -2.46. The van der Waals surface area contributed by atoms with Crippen molar-refractivity contribution < 1.29 is 4.79 Å². The van der Waals surface area contributed by atoms with E-state index < -0.39 is 0 Å². The normalized spacial score (nSPS) is 20.2. The number of nitrogens with zero attached hydrogens (tertiary/aromatic N) is 1. The zero-order chi connectivity index (χ0) is 11.6. The Morgan fingerprint density at radius 2 is 1.75 bits per heavy atom. The third kappa shape index (κ3) is 3.95. The van der Waals surface area contributed by atoms with Gasteiger partial charge in [0.15, 0.2) is 0 Å². The third-order valence-electron chi connectivity index (χ3n) is 3.21. The molecule has 3 nitrogen and oxygen atoms in total. The van der Waals surface area contributed by atoms with Crippen molar-refractivity contribution in [3.63, 3.8) is 0 Å². The van der Waals surface area contributed by atoms with Crippen molar-refractivity contribution >= 4 is 18.3 Å². The second kappa shape index (κ2) is 5.87. The van der Waals surface area contributed by atoms with Gasteiger partial charge < -0.3 is 10.6 Å². The van der Waals surface area contributed by atoms with E-state index in [-0.39, 0.29) is 29.8 Å². The zero-order valence-electron chi connectivity index (χ0n) is 10.8. The first-order chi connectivity index (χ1) is 6.82. The van der Waals surface area contributed by atoms with Gasteiger partial charge in [0.2, 0.25) is 5.91 Å². The number of likely N-dealkylation sites (tertiary alicyclic amines) is 1. The standard InChI is InChI=1S/C12H24N2O.ClH/c1-9(13)10-5-7-14(8-6-10)11(15)12(2,3)4;/h9-10H,5-8,13H2,1-4H3;1H. The van der Waals surface area contributed by atoms with Crippen LogP contribution in [0.1, 0.15) is 40.5 Å². The minimum atomic E-state index is -0.249. The maximum Gasteiger partial charge on any atom is 0.227 e. The van der Waals surface area contributed by atoms with E-state index in [1.165, 1.54) is 0 Å². The van der Waals surface area contributed by atoms with Gasteiger partial charge in [-0.3, -0.25) is 4.79 Å². The summed E-state index contributed by atoms with van der Waals surface area (Å²) in [4.78, 5) is 14.0. The van der Waals surface area contributed by atoms with Gasteiger partial charge in [0, 0.05) is 24.5 Å². The predicted molar refractivity (Wildman–Crippen MR) is 69.7 cm³/mol. The van der Waals surface area contributed by atoms with E-state index in [0.29, 0.717) is 5.92 Å². The summed E-state index contributed by atoms with van der Waals surface area (Å²) >= 11 is 0. The largest absolute Gasteiger partial charge is 0.342 e. The Balaban J connectivity index is 0.00000225. The molecule has 1 rings (SSSR count). The van der Waals surface area contributed by atoms with Crippen LogP contribution in [-0.4, -0.2) is 29.9 Å². The van der Waals surface area contributed by atoms with Gasteiger partial charge in [0.25, 0.3) is 0 Å². The van der Waals surface area contributed by atoms with Crippen molar-refractivity contribution in [2.45, 2.75) is 46.6 Å². The van der Waals surface area contributed by atoms with Gasteiger partial charge in [-0.05, 0) is 25.7 Å². The second-order valence-corrected chi connectivity index (χ2v) is 5.74. The van der Waals surface area contributed by atoms with E-state index in [1.807, 2.05) is 25.7 Å². The number of amides is 1. The number of piperidine rings is 1. The molecule has 1 unspecified atom stereocenters. The summed E-state index contributed by atoms with van der Waals surface area (Å²) in [7, 11) is 0. The Hall–Kier alpha value is -0.280. The highest BCUT2D eigenvalue weighted by Gasteiger charge is 2.30. The van der Waals surface area contributed by atoms with Gasteiger partial charge in [0.1, 0.15) is 0 Å². The van der Waals surface area contributed by atoms with Crippen molar-refractivity contribution in [2.24, 2.45) is 17.1 Å². The third-order valence-corrected chi connectivity index (χ3v) is 3.21. The molecule has 0 radical (unpaired) electrons. The summed E-state index contributed by atoms with van der Waals surface area (Å²) in [6, 6.07) is 0.261. The van der Waals surface area contributed by atoms with E-state index in [4.69, 9.17) is 5.73 Å². The summed E-state index contributed by atoms with van der Waals surface area (Å²) in [5.74, 6) is 0.861. The van der Waals surface area contributed by atoms with Gasteiger partial charge >= 0.3 is 0 Å². The Morgan fingerprint density at radius 1 is 1.31 bits per heavy atom. The predicted octanol–water partition coefficient (Wildman–Crippen LogP) is 2.04. The number of carbonyl (C=O) groups excluding carboxylic acids is 1. The fourth-order valence-corrected chi connectivity index (χ4v) is 2.10. The van der Waals surface area contributed by atoms with Crippen molar-refractivity contribution in [3.8, 4) is 0 Å². The van der Waals surface area contributed by atoms with E-state index >= 15 is 0 Å². The molecule has 96 valence electrons. The molecule has 2 N–H and O–H groups in total. The average molecular weight is 249 g/mol. The molecule has 0 bridgehead atoms. The van der Waals surface area contributed by atoms with Gasteiger partial charge in [-0.2, -0.15) is 0 Å². The van der Waals surface area contributed by atoms with E-state index in [9.17, 15) is 4.79 Å². The Morgan fingerprint density at radius 3 is 2.06 bits per heavy atom. The van der Waals surface area contributed by atoms with E-state index in [2.05, 4.69) is 6.92 Å². The van der Waals surface area contributed by atoms with Crippen LogP contribution in [-0.2, 0) is 4.79 Å². The first kappa shape index (κ1) is 15.7. The summed E-state index contributed by atoms with van der Waals surface area (Å²) < 4.78 is 0. The van der Waals surface area contributed by atoms with Crippen LogP contribution >= 0.6 is 12.4 Å². The van der Waals surface area contributed by atoms with Gasteiger partial charge in [-0.1, -0.05) is 20.8 Å². The second-order valence-electron chi connectivity index (χ2n) is 5.74. The lowest BCUT2D eigenvalue weighted by Gasteiger charge is -2.36. The highest BCUT2D eigenvalue weighted by atomic mass is 35.5. The molecule has 0 spiro atoms. The van der Waals surface area contributed by atoms with E-state index in [0.717, 1.165) is 25.9 Å². The van der Waals surface area contributed by atoms with Crippen molar-refractivity contribution in [2.75, 3.05) is 13.1 Å². The van der Waals surface area contributed by atoms with Crippen LogP contribution in [0.3, 0.4) is 0 Å². The molecule has 16 heavy (non-hydrogen) atoms. The van der Waals surface area contributed by atoms with Crippen LogP contribution in [0.15, 0.2) is 0 Å². The Kier molecular flexibility index (Phi) is 5.77. The molecule has 1 fully saturated rings. The number of nitrogens with two attached hydrogens (primary N) is 1. The quantitative estimate of drug-likeness (QED) is 0.772. The first-order valence-electron chi connectivity index (χ1n) is 5.87. The molecule has 1 aliphatic rings. The fraction of sp³-hybridized carbons (Fsp3) is 0.917. The summed E-state index contributed by atoms with van der Waals surface area (Å²) in [5, 5.41) is 0. The minimum absolute atomic E-state index is 0. The van der Waals surface area contributed by atoms with Crippen molar-refractivity contribution in [3.05, 3.63) is 0 Å². The lowest BCUT2D eigenvalue weighted by atomic mass is 9.88. The molecule has 1 amide bonds. The molecule has 1 saturated heterocycles. The SMILES string of the molecule is CC(N)C1CCN(C(=O)C(C)(C)C)CC1.Cl. The molecule has 1 atom stereocenters. The van der Waals surface area contributed by atoms with Crippen LogP contribution in [0.25, 0.3) is 0 Å². The number of hydrogen-bond acceptors (Lipinski definition) is 2. The first-order valence-corrected chi connectivity index (χ1v) is 5.87. The zero-order valence-corrected chi connectivity index (χ0v) is 11.6. The lowest BCUT2D eigenvalue weighted by molar-refractivity contribution is -0.141. The molecule has 0 aromatic rings. The maximum atomic E-state index is 12.0. The topological polar surface area (TPSA) is 46.3 Å². The fourth-order valence-electron chi connectivity index (χ4n) is 2.10. The maximum absolute atomic E-state index is 12.0. The van der Waals surface area contributed by atoms with Crippen molar-refractivity contribution in [1.29, 1.82) is 0 Å². The molecule has 0 aromatic carbocycles. The molecule has 0 saturated carbocycles. The molecule has 0 aliphatic carbocycles. The highest BCUT2D eigenvalue weighted by Crippen LogP contribution is 2.24. The van der Waals surface area contributed by atoms with Crippen LogP contribution in [0.5, 0.6) is 0 Å². The molecule has 1 aliphatic heterocycles. The minimum Gasteiger partial charge on any atom is -0.342 e. The molecular weight excluding hydrogens is 224 g/mol. The van der Waals surface area contributed by atoms with Gasteiger partial charge in [-0.25, -0.2) is 0 Å². The van der Waals surface area contributed by atoms with E-state index in [1.54, 1.807) is 0 Å². The number of hydrogen-bond donors (Lipinski definition) is 1. The number of halogens is 1. The molecule has 1 heterocycles. The van der Waals surface area contributed by atoms with Gasteiger partial charge in [-0.15, -0.1) is 12.4 Å². The monoisotopic (exact) mass is 248 g/mol. The van der Waals surface area contributed by atoms with Gasteiger partial charge in [0.05, 0.1) is 0 Å². The number of rotatable bonds is 1. The summed E-state index contributed by atoms with van der Waals surface area (Å²) in [6.45, 7) is 9.75. The summed E-state index contributed by atoms with van der Waals surface area (Å²) in [6.07, 6.45) is 2.11. The van der Waals surface area contributed by atoms with Crippen LogP contribution in [0.2, 0.25) is 0 Å². The Labute approximate surface area is 105 Å².